The van der Waals surface area contributed by atoms with E-state index in [9.17, 15) is 9.59 Å². The third kappa shape index (κ3) is 3.01. The number of hydrogen-bond acceptors (Lipinski definition) is 8. The summed E-state index contributed by atoms with van der Waals surface area (Å²) in [6.45, 7) is 6.03. The summed E-state index contributed by atoms with van der Waals surface area (Å²) in [5.41, 5.74) is -0.158. The number of ether oxygens (including phenoxy) is 1. The number of carbonyl (C=O) groups is 2. The molecule has 0 spiro atoms. The molecule has 4 rings (SSSR count). The highest BCUT2D eigenvalue weighted by atomic mass is 16.5. The molecule has 0 N–H and O–H groups in total. The number of urea groups is 1. The Morgan fingerprint density at radius 1 is 1.07 bits per heavy atom. The fourth-order valence-electron chi connectivity index (χ4n) is 3.12. The minimum atomic E-state index is -1.03. The zero-order valence-corrected chi connectivity index (χ0v) is 15.2. The van der Waals surface area contributed by atoms with Gasteiger partial charge in [-0.05, 0) is 31.5 Å². The Hall–Kier alpha value is -3.01. The lowest BCUT2D eigenvalue weighted by molar-refractivity contribution is -0.123. The van der Waals surface area contributed by atoms with Gasteiger partial charge in [0.1, 0.15) is 5.54 Å². The summed E-state index contributed by atoms with van der Waals surface area (Å²) in [6.07, 6.45) is 3.30. The Labute approximate surface area is 155 Å². The second-order valence-corrected chi connectivity index (χ2v) is 6.89. The Kier molecular flexibility index (Phi) is 4.27. The normalized spacial score (nSPS) is 19.9. The van der Waals surface area contributed by atoms with E-state index in [1.807, 2.05) is 4.90 Å². The van der Waals surface area contributed by atoms with Crippen LogP contribution in [-0.2, 0) is 16.1 Å². The number of pyridine rings is 1. The van der Waals surface area contributed by atoms with E-state index in [0.29, 0.717) is 26.3 Å². The third-order valence-corrected chi connectivity index (χ3v) is 4.79. The molecule has 0 bridgehead atoms. The molecule has 0 atom stereocenters. The van der Waals surface area contributed by atoms with Gasteiger partial charge >= 0.3 is 18.1 Å². The predicted octanol–water partition coefficient (Wildman–Crippen LogP) is 1.05. The number of anilines is 2. The standard InChI is InChI=1S/C17H20N6O4/c1-17(2)13(24)23(16(25)22(17)11-12-3-5-18-6-4-12)15-20-19-14(27-15)21-7-9-26-10-8-21/h3-6H,7-11H2,1-2H3. The van der Waals surface area contributed by atoms with E-state index < -0.39 is 17.5 Å². The van der Waals surface area contributed by atoms with Crippen molar-refractivity contribution in [3.05, 3.63) is 30.1 Å². The first-order chi connectivity index (χ1) is 13.0. The van der Waals surface area contributed by atoms with Crippen molar-refractivity contribution in [2.75, 3.05) is 36.1 Å². The molecule has 10 heteroatoms. The summed E-state index contributed by atoms with van der Waals surface area (Å²) in [4.78, 5) is 34.2. The van der Waals surface area contributed by atoms with Crippen LogP contribution in [0.25, 0.3) is 0 Å². The van der Waals surface area contributed by atoms with E-state index in [1.165, 1.54) is 4.90 Å². The van der Waals surface area contributed by atoms with Gasteiger partial charge in [-0.15, -0.1) is 0 Å². The maximum absolute atomic E-state index is 13.0. The van der Waals surface area contributed by atoms with Crippen LogP contribution in [0.2, 0.25) is 0 Å². The molecular weight excluding hydrogens is 352 g/mol. The summed E-state index contributed by atoms with van der Waals surface area (Å²) in [5.74, 6) is -0.404. The number of amides is 3. The van der Waals surface area contributed by atoms with Crippen molar-refractivity contribution in [2.45, 2.75) is 25.9 Å². The van der Waals surface area contributed by atoms with Crippen LogP contribution in [0.4, 0.5) is 16.8 Å². The van der Waals surface area contributed by atoms with Crippen LogP contribution in [0, 0.1) is 0 Å². The number of imide groups is 1. The average molecular weight is 372 g/mol. The summed E-state index contributed by atoms with van der Waals surface area (Å²) in [7, 11) is 0. The van der Waals surface area contributed by atoms with E-state index in [4.69, 9.17) is 9.15 Å². The van der Waals surface area contributed by atoms with Gasteiger partial charge in [0.05, 0.1) is 13.2 Å². The van der Waals surface area contributed by atoms with E-state index >= 15 is 0 Å². The zero-order chi connectivity index (χ0) is 19.0. The van der Waals surface area contributed by atoms with E-state index in [1.54, 1.807) is 38.4 Å². The monoisotopic (exact) mass is 372 g/mol. The molecule has 2 aromatic heterocycles. The third-order valence-electron chi connectivity index (χ3n) is 4.79. The highest BCUT2D eigenvalue weighted by Crippen LogP contribution is 2.33. The van der Waals surface area contributed by atoms with E-state index in [2.05, 4.69) is 15.2 Å². The second kappa shape index (κ2) is 6.62. The quantitative estimate of drug-likeness (QED) is 0.734. The molecule has 10 nitrogen and oxygen atoms in total. The van der Waals surface area contributed by atoms with Gasteiger partial charge in [-0.3, -0.25) is 9.78 Å². The minimum absolute atomic E-state index is 0.114. The summed E-state index contributed by atoms with van der Waals surface area (Å²) in [6, 6.07) is 3.29. The number of morpholine rings is 1. The van der Waals surface area contributed by atoms with E-state index in [0.717, 1.165) is 10.5 Å². The van der Waals surface area contributed by atoms with Crippen molar-refractivity contribution in [3.63, 3.8) is 0 Å². The van der Waals surface area contributed by atoms with Crippen molar-refractivity contribution < 1.29 is 18.7 Å². The largest absolute Gasteiger partial charge is 0.389 e. The molecule has 0 aromatic carbocycles. The molecule has 27 heavy (non-hydrogen) atoms. The average Bonchev–Trinajstić information content (AvgIpc) is 3.22. The smallest absolute Gasteiger partial charge is 0.336 e. The van der Waals surface area contributed by atoms with Crippen molar-refractivity contribution in [1.82, 2.24) is 20.1 Å². The predicted molar refractivity (Wildman–Crippen MR) is 94.1 cm³/mol. The van der Waals surface area contributed by atoms with Crippen molar-refractivity contribution in [3.8, 4) is 0 Å². The number of carbonyl (C=O) groups excluding carboxylic acids is 2. The number of hydrogen-bond donors (Lipinski definition) is 0. The Balaban J connectivity index is 1.59. The summed E-state index contributed by atoms with van der Waals surface area (Å²) < 4.78 is 10.9. The first-order valence-electron chi connectivity index (χ1n) is 8.70. The number of rotatable bonds is 4. The van der Waals surface area contributed by atoms with Gasteiger partial charge in [0.15, 0.2) is 0 Å². The maximum Gasteiger partial charge on any atom is 0.336 e. The molecule has 0 unspecified atom stereocenters. The molecule has 142 valence electrons. The van der Waals surface area contributed by atoms with Crippen LogP contribution < -0.4 is 9.80 Å². The fourth-order valence-corrected chi connectivity index (χ4v) is 3.12. The van der Waals surface area contributed by atoms with Gasteiger partial charge in [-0.25, -0.2) is 4.79 Å². The van der Waals surface area contributed by atoms with Gasteiger partial charge in [0.2, 0.25) is 0 Å². The first kappa shape index (κ1) is 17.4. The van der Waals surface area contributed by atoms with Crippen LogP contribution in [0.1, 0.15) is 19.4 Å². The molecule has 4 heterocycles. The molecule has 3 amide bonds. The lowest BCUT2D eigenvalue weighted by Gasteiger charge is -2.27. The molecule has 2 aliphatic rings. The topological polar surface area (TPSA) is 105 Å². The highest BCUT2D eigenvalue weighted by Gasteiger charge is 2.53. The summed E-state index contributed by atoms with van der Waals surface area (Å²) >= 11 is 0. The van der Waals surface area contributed by atoms with Gasteiger partial charge in [0.25, 0.3) is 5.91 Å². The van der Waals surface area contributed by atoms with Crippen molar-refractivity contribution in [1.29, 1.82) is 0 Å². The fraction of sp³-hybridized carbons (Fsp3) is 0.471. The zero-order valence-electron chi connectivity index (χ0n) is 15.2. The van der Waals surface area contributed by atoms with Crippen LogP contribution in [-0.4, -0.2) is 63.9 Å². The lowest BCUT2D eigenvalue weighted by atomic mass is 10.0. The first-order valence-corrected chi connectivity index (χ1v) is 8.70. The number of aromatic nitrogens is 3. The van der Waals surface area contributed by atoms with Crippen LogP contribution in [0.15, 0.2) is 28.9 Å². The molecule has 2 fully saturated rings. The molecule has 0 saturated carbocycles. The van der Waals surface area contributed by atoms with Crippen molar-refractivity contribution in [2.24, 2.45) is 0 Å². The molecule has 0 aliphatic carbocycles. The molecular formula is C17H20N6O4. The van der Waals surface area contributed by atoms with Crippen LogP contribution >= 0.6 is 0 Å². The SMILES string of the molecule is CC1(C)C(=O)N(c2nnc(N3CCOCC3)o2)C(=O)N1Cc1ccncc1. The van der Waals surface area contributed by atoms with Gasteiger partial charge in [0, 0.05) is 32.0 Å². The molecule has 2 aromatic rings. The van der Waals surface area contributed by atoms with Gasteiger partial charge in [-0.2, -0.15) is 4.90 Å². The second-order valence-electron chi connectivity index (χ2n) is 6.89. The molecule has 0 radical (unpaired) electrons. The van der Waals surface area contributed by atoms with Crippen LogP contribution in [0.5, 0.6) is 0 Å². The van der Waals surface area contributed by atoms with Gasteiger partial charge in [-0.1, -0.05) is 10.2 Å². The van der Waals surface area contributed by atoms with Crippen molar-refractivity contribution >= 4 is 24.0 Å². The number of nitrogens with zero attached hydrogens (tertiary/aromatic N) is 6. The Morgan fingerprint density at radius 3 is 2.44 bits per heavy atom. The molecule has 2 aliphatic heterocycles. The molecule has 2 saturated heterocycles. The Bertz CT molecular complexity index is 846. The maximum atomic E-state index is 13.0. The minimum Gasteiger partial charge on any atom is -0.389 e. The summed E-state index contributed by atoms with van der Waals surface area (Å²) in [5, 5.41) is 7.92. The lowest BCUT2D eigenvalue weighted by Crippen LogP contribution is -2.43. The Morgan fingerprint density at radius 2 is 1.74 bits per heavy atom. The van der Waals surface area contributed by atoms with Crippen LogP contribution in [0.3, 0.4) is 0 Å². The van der Waals surface area contributed by atoms with E-state index in [-0.39, 0.29) is 18.6 Å². The van der Waals surface area contributed by atoms with Gasteiger partial charge < -0.3 is 19.0 Å². The highest BCUT2D eigenvalue weighted by molar-refractivity contribution is 6.21.